The highest BCUT2D eigenvalue weighted by atomic mass is 35.5. The van der Waals surface area contributed by atoms with Crippen LogP contribution in [0.5, 0.6) is 5.75 Å². The van der Waals surface area contributed by atoms with E-state index in [1.807, 2.05) is 31.2 Å². The van der Waals surface area contributed by atoms with Crippen LogP contribution < -0.4 is 10.1 Å². The van der Waals surface area contributed by atoms with Crippen molar-refractivity contribution in [2.75, 3.05) is 12.4 Å². The van der Waals surface area contributed by atoms with E-state index in [1.165, 1.54) is 0 Å². The molecule has 0 amide bonds. The van der Waals surface area contributed by atoms with E-state index in [-0.39, 0.29) is 6.04 Å². The number of nitrogens with zero attached hydrogens (tertiary/aromatic N) is 1. The molecule has 0 aliphatic carbocycles. The predicted molar refractivity (Wildman–Crippen MR) is 81.2 cm³/mol. The molecular formula is C16H15ClN2O. The van der Waals surface area contributed by atoms with Crippen molar-refractivity contribution in [2.24, 2.45) is 0 Å². The molecule has 0 saturated carbocycles. The highest BCUT2D eigenvalue weighted by Gasteiger charge is 2.12. The zero-order valence-electron chi connectivity index (χ0n) is 11.4. The van der Waals surface area contributed by atoms with Gasteiger partial charge in [-0.2, -0.15) is 5.26 Å². The van der Waals surface area contributed by atoms with Crippen LogP contribution in [0.25, 0.3) is 0 Å². The van der Waals surface area contributed by atoms with Gasteiger partial charge in [0.25, 0.3) is 0 Å². The zero-order valence-corrected chi connectivity index (χ0v) is 12.1. The van der Waals surface area contributed by atoms with E-state index in [4.69, 9.17) is 21.6 Å². The smallest absolute Gasteiger partial charge is 0.124 e. The van der Waals surface area contributed by atoms with Crippen molar-refractivity contribution < 1.29 is 4.74 Å². The normalized spacial score (nSPS) is 11.5. The monoisotopic (exact) mass is 286 g/mol. The van der Waals surface area contributed by atoms with Gasteiger partial charge in [0.2, 0.25) is 0 Å². The molecule has 0 fully saturated rings. The zero-order chi connectivity index (χ0) is 14.5. The number of methoxy groups -OCH3 is 1. The van der Waals surface area contributed by atoms with E-state index in [1.54, 1.807) is 25.3 Å². The van der Waals surface area contributed by atoms with Crippen LogP contribution in [-0.4, -0.2) is 7.11 Å². The average Bonchev–Trinajstić information content (AvgIpc) is 2.49. The molecule has 2 aromatic carbocycles. The minimum absolute atomic E-state index is 0.0117. The molecule has 20 heavy (non-hydrogen) atoms. The van der Waals surface area contributed by atoms with Gasteiger partial charge in [-0.05, 0) is 31.2 Å². The number of benzene rings is 2. The van der Waals surface area contributed by atoms with Crippen LogP contribution >= 0.6 is 11.6 Å². The van der Waals surface area contributed by atoms with E-state index < -0.39 is 0 Å². The Kier molecular flexibility index (Phi) is 4.49. The molecule has 3 nitrogen and oxygen atoms in total. The largest absolute Gasteiger partial charge is 0.496 e. The van der Waals surface area contributed by atoms with Crippen molar-refractivity contribution in [1.29, 1.82) is 5.26 Å². The van der Waals surface area contributed by atoms with Crippen LogP contribution in [0.4, 0.5) is 5.69 Å². The van der Waals surface area contributed by atoms with Crippen molar-refractivity contribution in [1.82, 2.24) is 0 Å². The molecule has 0 bridgehead atoms. The number of halogens is 1. The lowest BCUT2D eigenvalue weighted by Crippen LogP contribution is -2.08. The first-order valence-electron chi connectivity index (χ1n) is 6.25. The summed E-state index contributed by atoms with van der Waals surface area (Å²) < 4.78 is 5.35. The Balaban J connectivity index is 2.28. The summed E-state index contributed by atoms with van der Waals surface area (Å²) in [6.45, 7) is 2.02. The summed E-state index contributed by atoms with van der Waals surface area (Å²) in [6.07, 6.45) is 0. The van der Waals surface area contributed by atoms with Crippen LogP contribution in [-0.2, 0) is 0 Å². The molecule has 0 radical (unpaired) electrons. The number of hydrogen-bond acceptors (Lipinski definition) is 3. The Morgan fingerprint density at radius 2 is 2.00 bits per heavy atom. The summed E-state index contributed by atoms with van der Waals surface area (Å²) in [4.78, 5) is 0. The van der Waals surface area contributed by atoms with Crippen LogP contribution in [0.3, 0.4) is 0 Å². The molecule has 2 rings (SSSR count). The van der Waals surface area contributed by atoms with E-state index in [2.05, 4.69) is 11.4 Å². The topological polar surface area (TPSA) is 45.0 Å². The Hall–Kier alpha value is -2.18. The second-order valence-corrected chi connectivity index (χ2v) is 4.82. The molecule has 1 unspecified atom stereocenters. The Bertz CT molecular complexity index is 649. The number of anilines is 1. The fraction of sp³-hybridized carbons (Fsp3) is 0.188. The van der Waals surface area contributed by atoms with Gasteiger partial charge in [0, 0.05) is 5.56 Å². The molecule has 1 N–H and O–H groups in total. The van der Waals surface area contributed by atoms with E-state index >= 15 is 0 Å². The molecule has 4 heteroatoms. The maximum absolute atomic E-state index is 8.95. The van der Waals surface area contributed by atoms with Gasteiger partial charge in [0.15, 0.2) is 0 Å². The van der Waals surface area contributed by atoms with E-state index in [9.17, 15) is 0 Å². The molecule has 0 aliphatic rings. The van der Waals surface area contributed by atoms with Gasteiger partial charge in [-0.1, -0.05) is 29.8 Å². The third-order valence-electron chi connectivity index (χ3n) is 3.07. The molecule has 2 aromatic rings. The lowest BCUT2D eigenvalue weighted by molar-refractivity contribution is 0.408. The van der Waals surface area contributed by atoms with Crippen LogP contribution in [0, 0.1) is 11.3 Å². The summed E-state index contributed by atoms with van der Waals surface area (Å²) in [5, 5.41) is 12.8. The first-order valence-corrected chi connectivity index (χ1v) is 6.62. The minimum atomic E-state index is 0.0117. The summed E-state index contributed by atoms with van der Waals surface area (Å²) in [5.41, 5.74) is 2.35. The number of ether oxygens (including phenoxy) is 1. The average molecular weight is 287 g/mol. The lowest BCUT2D eigenvalue weighted by atomic mass is 10.1. The van der Waals surface area contributed by atoms with Gasteiger partial charge >= 0.3 is 0 Å². The van der Waals surface area contributed by atoms with Gasteiger partial charge in [-0.25, -0.2) is 0 Å². The van der Waals surface area contributed by atoms with Crippen LogP contribution in [0.1, 0.15) is 24.1 Å². The van der Waals surface area contributed by atoms with Gasteiger partial charge in [0.05, 0.1) is 35.5 Å². The first kappa shape index (κ1) is 14.2. The van der Waals surface area contributed by atoms with Gasteiger partial charge in [-0.3, -0.25) is 0 Å². The second kappa shape index (κ2) is 6.31. The standard InChI is InChI=1S/C16H15ClN2O/c1-11(13-5-3-4-6-16(13)20-2)19-15-9-12(10-18)7-8-14(15)17/h3-9,11,19H,1-2H3. The van der Waals surface area contributed by atoms with Gasteiger partial charge < -0.3 is 10.1 Å². The molecule has 1 atom stereocenters. The third-order valence-corrected chi connectivity index (χ3v) is 3.40. The molecule has 0 spiro atoms. The maximum Gasteiger partial charge on any atom is 0.124 e. The Morgan fingerprint density at radius 3 is 2.70 bits per heavy atom. The summed E-state index contributed by atoms with van der Waals surface area (Å²) in [6, 6.07) is 15.1. The molecule has 0 saturated heterocycles. The fourth-order valence-electron chi connectivity index (χ4n) is 2.04. The third kappa shape index (κ3) is 3.04. The fourth-order valence-corrected chi connectivity index (χ4v) is 2.21. The number of rotatable bonds is 4. The molecule has 0 aliphatic heterocycles. The number of hydrogen-bond donors (Lipinski definition) is 1. The Labute approximate surface area is 123 Å². The maximum atomic E-state index is 8.95. The predicted octanol–water partition coefficient (Wildman–Crippen LogP) is 4.39. The van der Waals surface area contributed by atoms with Crippen molar-refractivity contribution in [3.05, 3.63) is 58.6 Å². The van der Waals surface area contributed by atoms with Gasteiger partial charge in [0.1, 0.15) is 5.75 Å². The van der Waals surface area contributed by atoms with Crippen LogP contribution in [0.2, 0.25) is 5.02 Å². The van der Waals surface area contributed by atoms with Crippen molar-refractivity contribution in [2.45, 2.75) is 13.0 Å². The molecular weight excluding hydrogens is 272 g/mol. The lowest BCUT2D eigenvalue weighted by Gasteiger charge is -2.19. The van der Waals surface area contributed by atoms with Crippen molar-refractivity contribution >= 4 is 17.3 Å². The van der Waals surface area contributed by atoms with Crippen LogP contribution in [0.15, 0.2) is 42.5 Å². The number of nitrogens with one attached hydrogen (secondary N) is 1. The molecule has 102 valence electrons. The minimum Gasteiger partial charge on any atom is -0.496 e. The summed E-state index contributed by atoms with van der Waals surface area (Å²) >= 11 is 6.16. The molecule has 0 heterocycles. The van der Waals surface area contributed by atoms with Gasteiger partial charge in [-0.15, -0.1) is 0 Å². The van der Waals surface area contributed by atoms with E-state index in [0.29, 0.717) is 10.6 Å². The second-order valence-electron chi connectivity index (χ2n) is 4.41. The summed E-state index contributed by atoms with van der Waals surface area (Å²) in [5.74, 6) is 0.820. The quantitative estimate of drug-likeness (QED) is 0.906. The summed E-state index contributed by atoms with van der Waals surface area (Å²) in [7, 11) is 1.65. The Morgan fingerprint density at radius 1 is 1.25 bits per heavy atom. The highest BCUT2D eigenvalue weighted by molar-refractivity contribution is 6.33. The van der Waals surface area contributed by atoms with Crippen molar-refractivity contribution in [3.8, 4) is 11.8 Å². The van der Waals surface area contributed by atoms with E-state index in [0.717, 1.165) is 17.0 Å². The first-order chi connectivity index (χ1) is 9.65. The highest BCUT2D eigenvalue weighted by Crippen LogP contribution is 2.30. The number of nitriles is 1. The SMILES string of the molecule is COc1ccccc1C(C)Nc1cc(C#N)ccc1Cl. The molecule has 0 aromatic heterocycles. The number of para-hydroxylation sites is 1. The van der Waals surface area contributed by atoms with Crippen molar-refractivity contribution in [3.63, 3.8) is 0 Å².